The van der Waals surface area contributed by atoms with Crippen molar-refractivity contribution < 1.29 is 4.79 Å². The van der Waals surface area contributed by atoms with E-state index in [9.17, 15) is 4.79 Å². The first-order valence-electron chi connectivity index (χ1n) is 4.92. The number of benzene rings is 1. The van der Waals surface area contributed by atoms with Crippen LogP contribution >= 0.6 is 34.5 Å². The van der Waals surface area contributed by atoms with Crippen molar-refractivity contribution in [2.75, 3.05) is 5.32 Å². The van der Waals surface area contributed by atoms with Gasteiger partial charge in [0.1, 0.15) is 0 Å². The Hall–Kier alpha value is -1.03. The van der Waals surface area contributed by atoms with Gasteiger partial charge < -0.3 is 5.32 Å². The Morgan fingerprint density at radius 3 is 2.82 bits per heavy atom. The molecule has 0 aliphatic rings. The quantitative estimate of drug-likeness (QED) is 0.898. The minimum absolute atomic E-state index is 0.100. The molecule has 0 aliphatic carbocycles. The van der Waals surface area contributed by atoms with Crippen LogP contribution in [-0.2, 0) is 11.2 Å². The van der Waals surface area contributed by atoms with Gasteiger partial charge in [0, 0.05) is 9.90 Å². The van der Waals surface area contributed by atoms with Gasteiger partial charge in [-0.15, -0.1) is 11.3 Å². The molecule has 0 aliphatic heterocycles. The Labute approximate surface area is 113 Å². The largest absolute Gasteiger partial charge is 0.324 e. The number of nitrogens with one attached hydrogen (secondary N) is 1. The highest BCUT2D eigenvalue weighted by Crippen LogP contribution is 2.25. The zero-order valence-corrected chi connectivity index (χ0v) is 11.1. The van der Waals surface area contributed by atoms with Gasteiger partial charge in [0.25, 0.3) is 0 Å². The number of rotatable bonds is 3. The van der Waals surface area contributed by atoms with Crippen LogP contribution < -0.4 is 5.32 Å². The summed E-state index contributed by atoms with van der Waals surface area (Å²) in [6, 6.07) is 8.81. The molecule has 0 unspecified atom stereocenters. The molecule has 0 spiro atoms. The van der Waals surface area contributed by atoms with Crippen molar-refractivity contribution in [3.05, 3.63) is 50.6 Å². The average Bonchev–Trinajstić information content (AvgIpc) is 2.76. The Morgan fingerprint density at radius 2 is 2.12 bits per heavy atom. The van der Waals surface area contributed by atoms with Crippen LogP contribution in [0.15, 0.2) is 35.7 Å². The van der Waals surface area contributed by atoms with E-state index in [0.29, 0.717) is 22.2 Å². The highest BCUT2D eigenvalue weighted by Gasteiger charge is 2.07. The lowest BCUT2D eigenvalue weighted by molar-refractivity contribution is -0.115. The number of carbonyl (C=O) groups excluding carboxylic acids is 1. The van der Waals surface area contributed by atoms with Crippen LogP contribution in [0.2, 0.25) is 10.0 Å². The van der Waals surface area contributed by atoms with Crippen LogP contribution in [0.25, 0.3) is 0 Å². The second kappa shape index (κ2) is 5.54. The second-order valence-corrected chi connectivity index (χ2v) is 5.30. The fourth-order valence-electron chi connectivity index (χ4n) is 1.36. The third-order valence-corrected chi connectivity index (χ3v) is 3.56. The fraction of sp³-hybridized carbons (Fsp3) is 0.0833. The smallest absolute Gasteiger partial charge is 0.229 e. The fourth-order valence-corrected chi connectivity index (χ4v) is 2.40. The van der Waals surface area contributed by atoms with Gasteiger partial charge in [0.15, 0.2) is 0 Å². The summed E-state index contributed by atoms with van der Waals surface area (Å²) in [6.45, 7) is 0. The van der Waals surface area contributed by atoms with E-state index in [1.54, 1.807) is 29.5 Å². The van der Waals surface area contributed by atoms with Crippen LogP contribution in [0.4, 0.5) is 5.69 Å². The lowest BCUT2D eigenvalue weighted by Crippen LogP contribution is -2.13. The van der Waals surface area contributed by atoms with Gasteiger partial charge in [-0.25, -0.2) is 0 Å². The van der Waals surface area contributed by atoms with Crippen LogP contribution in [0, 0.1) is 0 Å². The molecule has 2 rings (SSSR count). The molecule has 0 saturated carbocycles. The SMILES string of the molecule is O=C(Cc1cccs1)Nc1cc(Cl)ccc1Cl. The molecule has 0 saturated heterocycles. The molecule has 0 atom stereocenters. The summed E-state index contributed by atoms with van der Waals surface area (Å²) in [5.74, 6) is -0.100. The van der Waals surface area contributed by atoms with Crippen LogP contribution in [0.3, 0.4) is 0 Å². The van der Waals surface area contributed by atoms with Crippen LogP contribution in [-0.4, -0.2) is 5.91 Å². The number of thiophene rings is 1. The van der Waals surface area contributed by atoms with Crippen molar-refractivity contribution in [2.45, 2.75) is 6.42 Å². The first-order valence-corrected chi connectivity index (χ1v) is 6.56. The van der Waals surface area contributed by atoms with Gasteiger partial charge >= 0.3 is 0 Å². The van der Waals surface area contributed by atoms with Crippen molar-refractivity contribution in [3.8, 4) is 0 Å². The van der Waals surface area contributed by atoms with E-state index < -0.39 is 0 Å². The van der Waals surface area contributed by atoms with E-state index in [1.165, 1.54) is 0 Å². The Kier molecular flexibility index (Phi) is 4.05. The molecular weight excluding hydrogens is 277 g/mol. The van der Waals surface area contributed by atoms with E-state index in [4.69, 9.17) is 23.2 Å². The number of amides is 1. The number of halogens is 2. The first kappa shape index (κ1) is 12.4. The van der Waals surface area contributed by atoms with E-state index in [-0.39, 0.29) is 5.91 Å². The van der Waals surface area contributed by atoms with Gasteiger partial charge in [-0.3, -0.25) is 4.79 Å². The summed E-state index contributed by atoms with van der Waals surface area (Å²) in [6.07, 6.45) is 0.348. The predicted octanol–water partition coefficient (Wildman–Crippen LogP) is 4.24. The first-order chi connectivity index (χ1) is 8.15. The third kappa shape index (κ3) is 3.46. The molecule has 0 fully saturated rings. The zero-order valence-electron chi connectivity index (χ0n) is 8.74. The normalized spacial score (nSPS) is 10.2. The van der Waals surface area contributed by atoms with E-state index >= 15 is 0 Å². The highest BCUT2D eigenvalue weighted by molar-refractivity contribution is 7.10. The second-order valence-electron chi connectivity index (χ2n) is 3.43. The summed E-state index contributed by atoms with van der Waals surface area (Å²) >= 11 is 13.3. The van der Waals surface area contributed by atoms with Gasteiger partial charge in [-0.1, -0.05) is 29.3 Å². The van der Waals surface area contributed by atoms with Crippen molar-refractivity contribution in [2.24, 2.45) is 0 Å². The Balaban J connectivity index is 2.05. The Bertz CT molecular complexity index is 525. The van der Waals surface area contributed by atoms with Gasteiger partial charge in [-0.2, -0.15) is 0 Å². The highest BCUT2D eigenvalue weighted by atomic mass is 35.5. The monoisotopic (exact) mass is 285 g/mol. The molecule has 1 aromatic carbocycles. The summed E-state index contributed by atoms with van der Waals surface area (Å²) < 4.78 is 0. The molecule has 1 aromatic heterocycles. The lowest BCUT2D eigenvalue weighted by atomic mass is 10.3. The molecular formula is C12H9Cl2NOS. The Morgan fingerprint density at radius 1 is 1.29 bits per heavy atom. The maximum Gasteiger partial charge on any atom is 0.229 e. The third-order valence-electron chi connectivity index (χ3n) is 2.12. The topological polar surface area (TPSA) is 29.1 Å². The molecule has 0 radical (unpaired) electrons. The van der Waals surface area contributed by atoms with Crippen molar-refractivity contribution in [1.82, 2.24) is 0 Å². The molecule has 2 aromatic rings. The van der Waals surface area contributed by atoms with Crippen LogP contribution in [0.5, 0.6) is 0 Å². The van der Waals surface area contributed by atoms with Crippen molar-refractivity contribution >= 4 is 46.1 Å². The molecule has 1 amide bonds. The molecule has 2 nitrogen and oxygen atoms in total. The zero-order chi connectivity index (χ0) is 12.3. The molecule has 17 heavy (non-hydrogen) atoms. The lowest BCUT2D eigenvalue weighted by Gasteiger charge is -2.06. The molecule has 1 heterocycles. The van der Waals surface area contributed by atoms with E-state index in [1.807, 2.05) is 17.5 Å². The van der Waals surface area contributed by atoms with Gasteiger partial charge in [0.05, 0.1) is 17.1 Å². The summed E-state index contributed by atoms with van der Waals surface area (Å²) in [5.41, 5.74) is 0.542. The number of hydrogen-bond acceptors (Lipinski definition) is 2. The van der Waals surface area contributed by atoms with E-state index in [0.717, 1.165) is 4.88 Å². The van der Waals surface area contributed by atoms with E-state index in [2.05, 4.69) is 5.32 Å². The van der Waals surface area contributed by atoms with Gasteiger partial charge in [0.2, 0.25) is 5.91 Å². The van der Waals surface area contributed by atoms with Crippen molar-refractivity contribution in [3.63, 3.8) is 0 Å². The molecule has 88 valence electrons. The summed E-state index contributed by atoms with van der Waals surface area (Å²) in [5, 5.41) is 5.70. The summed E-state index contributed by atoms with van der Waals surface area (Å²) in [4.78, 5) is 12.8. The minimum Gasteiger partial charge on any atom is -0.324 e. The van der Waals surface area contributed by atoms with Crippen molar-refractivity contribution in [1.29, 1.82) is 0 Å². The number of hydrogen-bond donors (Lipinski definition) is 1. The number of anilines is 1. The molecule has 1 N–H and O–H groups in total. The van der Waals surface area contributed by atoms with Crippen LogP contribution in [0.1, 0.15) is 4.88 Å². The minimum atomic E-state index is -0.100. The molecule has 0 bridgehead atoms. The average molecular weight is 286 g/mol. The number of carbonyl (C=O) groups is 1. The molecule has 5 heteroatoms. The standard InChI is InChI=1S/C12H9Cl2NOS/c13-8-3-4-10(14)11(6-8)15-12(16)7-9-2-1-5-17-9/h1-6H,7H2,(H,15,16). The van der Waals surface area contributed by atoms with Gasteiger partial charge in [-0.05, 0) is 29.6 Å². The predicted molar refractivity (Wildman–Crippen MR) is 73.1 cm³/mol. The summed E-state index contributed by atoms with van der Waals surface area (Å²) in [7, 11) is 0. The maximum atomic E-state index is 11.7. The maximum absolute atomic E-state index is 11.7.